The van der Waals surface area contributed by atoms with Crippen LogP contribution in [0.3, 0.4) is 0 Å². The van der Waals surface area contributed by atoms with Gasteiger partial charge < -0.3 is 24.6 Å². The molecule has 1 saturated carbocycles. The van der Waals surface area contributed by atoms with Crippen LogP contribution in [0, 0.1) is 5.92 Å². The number of rotatable bonds is 4. The Balaban J connectivity index is 0.00000243. The largest absolute Gasteiger partial charge is 0.459 e. The standard InChI is InChI=1S/C18H28N4O3.HI/c1-2-19-18(20-13-14-5-3-6-15(14)23)22-10-8-21(9-11-22)17(24)16-7-4-12-25-16;/h4,7,12,14-15,23H,2-3,5-6,8-11,13H2,1H3,(H,19,20);1H. The van der Waals surface area contributed by atoms with Crippen molar-refractivity contribution >= 4 is 35.8 Å². The Labute approximate surface area is 171 Å². The van der Waals surface area contributed by atoms with E-state index in [-0.39, 0.29) is 41.9 Å². The molecule has 1 aliphatic heterocycles. The number of nitrogens with one attached hydrogen (secondary N) is 1. The first-order valence-corrected chi connectivity index (χ1v) is 9.23. The van der Waals surface area contributed by atoms with E-state index in [0.29, 0.717) is 25.4 Å². The number of aliphatic imine (C=N–C) groups is 1. The van der Waals surface area contributed by atoms with Crippen LogP contribution in [0.1, 0.15) is 36.7 Å². The number of carbonyl (C=O) groups excluding carboxylic acids is 1. The fourth-order valence-electron chi connectivity index (χ4n) is 3.54. The van der Waals surface area contributed by atoms with Crippen LogP contribution in [0.25, 0.3) is 0 Å². The second-order valence-electron chi connectivity index (χ2n) is 6.71. The average molecular weight is 476 g/mol. The molecule has 2 aliphatic rings. The molecule has 0 radical (unpaired) electrons. The maximum Gasteiger partial charge on any atom is 0.289 e. The van der Waals surface area contributed by atoms with Crippen molar-refractivity contribution < 1.29 is 14.3 Å². The second-order valence-corrected chi connectivity index (χ2v) is 6.71. The zero-order chi connectivity index (χ0) is 17.6. The van der Waals surface area contributed by atoms with E-state index in [1.165, 1.54) is 6.26 Å². The van der Waals surface area contributed by atoms with E-state index in [1.54, 1.807) is 12.1 Å². The molecule has 2 heterocycles. The summed E-state index contributed by atoms with van der Waals surface area (Å²) in [5, 5.41) is 13.3. The highest BCUT2D eigenvalue weighted by molar-refractivity contribution is 14.0. The molecule has 146 valence electrons. The molecule has 0 spiro atoms. The zero-order valence-corrected chi connectivity index (χ0v) is 17.6. The van der Waals surface area contributed by atoms with Gasteiger partial charge in [-0.05, 0) is 31.9 Å². The summed E-state index contributed by atoms with van der Waals surface area (Å²) in [5.41, 5.74) is 0. The lowest BCUT2D eigenvalue weighted by Crippen LogP contribution is -2.53. The number of nitrogens with zero attached hydrogens (tertiary/aromatic N) is 3. The van der Waals surface area contributed by atoms with Gasteiger partial charge in [0.05, 0.1) is 12.4 Å². The van der Waals surface area contributed by atoms with Gasteiger partial charge in [0.25, 0.3) is 5.91 Å². The number of hydrogen-bond donors (Lipinski definition) is 2. The number of carbonyl (C=O) groups is 1. The molecular formula is C18H29IN4O3. The van der Waals surface area contributed by atoms with Crippen LogP contribution in [0.15, 0.2) is 27.8 Å². The second kappa shape index (κ2) is 10.1. The summed E-state index contributed by atoms with van der Waals surface area (Å²) in [7, 11) is 0. The Morgan fingerprint density at radius 2 is 2.04 bits per heavy atom. The summed E-state index contributed by atoms with van der Waals surface area (Å²) >= 11 is 0. The molecule has 8 heteroatoms. The summed E-state index contributed by atoms with van der Waals surface area (Å²) in [6, 6.07) is 3.43. The Morgan fingerprint density at radius 3 is 2.62 bits per heavy atom. The molecule has 1 amide bonds. The first kappa shape index (κ1) is 21.0. The molecule has 0 aromatic carbocycles. The SMILES string of the molecule is CCNC(=NCC1CCCC1O)N1CCN(C(=O)c2ccco2)CC1.I. The Bertz CT molecular complexity index is 585. The molecule has 2 atom stereocenters. The summed E-state index contributed by atoms with van der Waals surface area (Å²) in [6.07, 6.45) is 4.34. The van der Waals surface area contributed by atoms with Crippen molar-refractivity contribution in [1.29, 1.82) is 0 Å². The van der Waals surface area contributed by atoms with E-state index in [0.717, 1.165) is 44.9 Å². The minimum absolute atomic E-state index is 0. The van der Waals surface area contributed by atoms with Crippen LogP contribution in [0.2, 0.25) is 0 Å². The van der Waals surface area contributed by atoms with Crippen molar-refractivity contribution in [3.8, 4) is 0 Å². The molecule has 7 nitrogen and oxygen atoms in total. The Hall–Kier alpha value is -1.29. The molecule has 1 aromatic heterocycles. The lowest BCUT2D eigenvalue weighted by Gasteiger charge is -2.36. The normalized spacial score (nSPS) is 23.7. The molecule has 1 aliphatic carbocycles. The Morgan fingerprint density at radius 1 is 1.31 bits per heavy atom. The van der Waals surface area contributed by atoms with Gasteiger partial charge in [-0.3, -0.25) is 9.79 Å². The van der Waals surface area contributed by atoms with Gasteiger partial charge in [0.2, 0.25) is 0 Å². The number of amides is 1. The smallest absolute Gasteiger partial charge is 0.289 e. The molecule has 2 N–H and O–H groups in total. The summed E-state index contributed by atoms with van der Waals surface area (Å²) in [5.74, 6) is 1.49. The number of guanidine groups is 1. The van der Waals surface area contributed by atoms with Gasteiger partial charge in [-0.1, -0.05) is 6.42 Å². The fourth-order valence-corrected chi connectivity index (χ4v) is 3.54. The number of aliphatic hydroxyl groups is 1. The van der Waals surface area contributed by atoms with Gasteiger partial charge in [-0.25, -0.2) is 0 Å². The minimum atomic E-state index is -0.214. The van der Waals surface area contributed by atoms with Crippen molar-refractivity contribution in [1.82, 2.24) is 15.1 Å². The maximum absolute atomic E-state index is 12.3. The monoisotopic (exact) mass is 476 g/mol. The topological polar surface area (TPSA) is 81.3 Å². The van der Waals surface area contributed by atoms with Crippen LogP contribution in [-0.4, -0.2) is 72.1 Å². The summed E-state index contributed by atoms with van der Waals surface area (Å²) < 4.78 is 5.20. The summed E-state index contributed by atoms with van der Waals surface area (Å²) in [6.45, 7) is 6.30. The van der Waals surface area contributed by atoms with Crippen molar-refractivity contribution in [2.75, 3.05) is 39.3 Å². The Kier molecular flexibility index (Phi) is 8.20. The van der Waals surface area contributed by atoms with E-state index in [1.807, 2.05) is 4.90 Å². The van der Waals surface area contributed by atoms with E-state index in [4.69, 9.17) is 9.41 Å². The van der Waals surface area contributed by atoms with E-state index < -0.39 is 0 Å². The third-order valence-corrected chi connectivity index (χ3v) is 5.03. The van der Waals surface area contributed by atoms with Gasteiger partial charge in [-0.15, -0.1) is 24.0 Å². The van der Waals surface area contributed by atoms with Gasteiger partial charge in [0, 0.05) is 45.2 Å². The first-order valence-electron chi connectivity index (χ1n) is 9.23. The van der Waals surface area contributed by atoms with Crippen molar-refractivity contribution in [2.45, 2.75) is 32.3 Å². The average Bonchev–Trinajstić information content (AvgIpc) is 3.30. The van der Waals surface area contributed by atoms with Gasteiger partial charge in [0.15, 0.2) is 11.7 Å². The van der Waals surface area contributed by atoms with Gasteiger partial charge in [-0.2, -0.15) is 0 Å². The van der Waals surface area contributed by atoms with Crippen LogP contribution < -0.4 is 5.32 Å². The molecule has 2 fully saturated rings. The molecule has 0 bridgehead atoms. The third-order valence-electron chi connectivity index (χ3n) is 5.03. The van der Waals surface area contributed by atoms with E-state index >= 15 is 0 Å². The quantitative estimate of drug-likeness (QED) is 0.394. The van der Waals surface area contributed by atoms with E-state index in [9.17, 15) is 9.90 Å². The van der Waals surface area contributed by atoms with Gasteiger partial charge >= 0.3 is 0 Å². The highest BCUT2D eigenvalue weighted by atomic mass is 127. The lowest BCUT2D eigenvalue weighted by molar-refractivity contribution is 0.0657. The highest BCUT2D eigenvalue weighted by Gasteiger charge is 2.27. The molecule has 26 heavy (non-hydrogen) atoms. The van der Waals surface area contributed by atoms with Crippen LogP contribution in [-0.2, 0) is 0 Å². The number of piperazine rings is 1. The van der Waals surface area contributed by atoms with Crippen LogP contribution in [0.5, 0.6) is 0 Å². The fraction of sp³-hybridized carbons (Fsp3) is 0.667. The molecule has 2 unspecified atom stereocenters. The number of halogens is 1. The highest BCUT2D eigenvalue weighted by Crippen LogP contribution is 2.25. The third kappa shape index (κ3) is 5.12. The lowest BCUT2D eigenvalue weighted by atomic mass is 10.1. The predicted octanol–water partition coefficient (Wildman–Crippen LogP) is 1.78. The zero-order valence-electron chi connectivity index (χ0n) is 15.3. The van der Waals surface area contributed by atoms with Crippen molar-refractivity contribution in [3.05, 3.63) is 24.2 Å². The predicted molar refractivity (Wildman–Crippen MR) is 111 cm³/mol. The van der Waals surface area contributed by atoms with Crippen molar-refractivity contribution in [3.63, 3.8) is 0 Å². The number of furan rings is 1. The molecular weight excluding hydrogens is 447 g/mol. The summed E-state index contributed by atoms with van der Waals surface area (Å²) in [4.78, 5) is 21.1. The maximum atomic E-state index is 12.3. The van der Waals surface area contributed by atoms with Gasteiger partial charge in [0.1, 0.15) is 0 Å². The van der Waals surface area contributed by atoms with E-state index in [2.05, 4.69) is 17.1 Å². The number of hydrogen-bond acceptors (Lipinski definition) is 4. The van der Waals surface area contributed by atoms with Crippen molar-refractivity contribution in [2.24, 2.45) is 10.9 Å². The number of aliphatic hydroxyl groups excluding tert-OH is 1. The first-order chi connectivity index (χ1) is 12.2. The van der Waals surface area contributed by atoms with Crippen LogP contribution in [0.4, 0.5) is 0 Å². The molecule has 1 aromatic rings. The molecule has 3 rings (SSSR count). The molecule has 1 saturated heterocycles. The minimum Gasteiger partial charge on any atom is -0.459 e. The van der Waals surface area contributed by atoms with Crippen LogP contribution >= 0.6 is 24.0 Å².